The molecule has 3 aromatic rings. The number of thiophene rings is 1. The smallest absolute Gasteiger partial charge is 0.221 e. The zero-order valence-electron chi connectivity index (χ0n) is 15.4. The van der Waals surface area contributed by atoms with Crippen LogP contribution in [0.2, 0.25) is 0 Å². The Bertz CT molecular complexity index is 1130. The topological polar surface area (TPSA) is 59.5 Å². The first kappa shape index (κ1) is 17.8. The van der Waals surface area contributed by atoms with Crippen LogP contribution >= 0.6 is 11.3 Å². The molecule has 1 saturated heterocycles. The molecule has 0 spiro atoms. The van der Waals surface area contributed by atoms with E-state index in [-0.39, 0.29) is 11.2 Å². The van der Waals surface area contributed by atoms with E-state index in [4.69, 9.17) is 4.74 Å². The van der Waals surface area contributed by atoms with E-state index >= 15 is 0 Å². The third kappa shape index (κ3) is 2.77. The fourth-order valence-corrected chi connectivity index (χ4v) is 7.29. The molecule has 2 atom stereocenters. The minimum absolute atomic E-state index is 0.0150. The Morgan fingerprint density at radius 2 is 2.14 bits per heavy atom. The third-order valence-corrected chi connectivity index (χ3v) is 8.71. The van der Waals surface area contributed by atoms with Gasteiger partial charge in [-0.3, -0.25) is 4.90 Å². The van der Waals surface area contributed by atoms with Gasteiger partial charge in [0, 0.05) is 37.3 Å². The first-order valence-electron chi connectivity index (χ1n) is 9.18. The van der Waals surface area contributed by atoms with Gasteiger partial charge in [0.1, 0.15) is 0 Å². The Labute approximate surface area is 168 Å². The van der Waals surface area contributed by atoms with Gasteiger partial charge in [0.2, 0.25) is 5.88 Å². The van der Waals surface area contributed by atoms with Crippen molar-refractivity contribution in [2.75, 3.05) is 20.2 Å². The van der Waals surface area contributed by atoms with E-state index < -0.39 is 9.84 Å². The normalized spacial score (nSPS) is 22.8. The summed E-state index contributed by atoms with van der Waals surface area (Å²) < 4.78 is 31.6. The van der Waals surface area contributed by atoms with E-state index in [1.165, 1.54) is 5.56 Å². The minimum atomic E-state index is -3.30. The predicted octanol–water partition coefficient (Wildman–Crippen LogP) is 3.57. The first-order chi connectivity index (χ1) is 13.6. The quantitative estimate of drug-likeness (QED) is 0.656. The third-order valence-electron chi connectivity index (χ3n) is 5.72. The van der Waals surface area contributed by atoms with Crippen molar-refractivity contribution in [2.45, 2.75) is 22.6 Å². The summed E-state index contributed by atoms with van der Waals surface area (Å²) in [7, 11) is -1.70. The number of methoxy groups -OCH3 is 1. The Balaban J connectivity index is 1.52. The largest absolute Gasteiger partial charge is 0.481 e. The van der Waals surface area contributed by atoms with Gasteiger partial charge in [-0.15, -0.1) is 0 Å². The van der Waals surface area contributed by atoms with E-state index in [9.17, 15) is 8.42 Å². The first-order valence-corrected chi connectivity index (χ1v) is 11.7. The fourth-order valence-electron chi connectivity index (χ4n) is 4.44. The molecule has 0 bridgehead atoms. The van der Waals surface area contributed by atoms with Gasteiger partial charge in [-0.1, -0.05) is 6.07 Å². The zero-order valence-corrected chi connectivity index (χ0v) is 17.0. The number of pyridine rings is 1. The number of aromatic nitrogens is 1. The minimum Gasteiger partial charge on any atom is -0.481 e. The van der Waals surface area contributed by atoms with Crippen LogP contribution in [0.1, 0.15) is 17.0 Å². The van der Waals surface area contributed by atoms with Crippen LogP contribution in [-0.4, -0.2) is 43.8 Å². The molecule has 144 valence electrons. The lowest BCUT2D eigenvalue weighted by Crippen LogP contribution is -2.25. The van der Waals surface area contributed by atoms with E-state index in [1.807, 2.05) is 24.3 Å². The van der Waals surface area contributed by atoms with Crippen LogP contribution in [0.25, 0.3) is 11.1 Å². The SMILES string of the molecule is COc1ncccc1-c1ccc2c(c1)C1CN(Cc3ccsc3)CC1S2(=O)=O. The van der Waals surface area contributed by atoms with Gasteiger partial charge < -0.3 is 4.74 Å². The molecule has 1 fully saturated rings. The van der Waals surface area contributed by atoms with Crippen LogP contribution in [-0.2, 0) is 16.4 Å². The highest BCUT2D eigenvalue weighted by Crippen LogP contribution is 2.46. The van der Waals surface area contributed by atoms with Crippen LogP contribution in [0.5, 0.6) is 5.88 Å². The van der Waals surface area contributed by atoms with Crippen LogP contribution in [0.3, 0.4) is 0 Å². The van der Waals surface area contributed by atoms with Crippen molar-refractivity contribution < 1.29 is 13.2 Å². The maximum atomic E-state index is 13.1. The van der Waals surface area contributed by atoms with Crippen molar-refractivity contribution in [3.8, 4) is 17.0 Å². The van der Waals surface area contributed by atoms with E-state index in [0.717, 1.165) is 29.8 Å². The number of benzene rings is 1. The summed E-state index contributed by atoms with van der Waals surface area (Å²) >= 11 is 1.67. The van der Waals surface area contributed by atoms with Crippen molar-refractivity contribution in [2.24, 2.45) is 0 Å². The number of rotatable bonds is 4. The molecule has 0 amide bonds. The second-order valence-electron chi connectivity index (χ2n) is 7.33. The highest BCUT2D eigenvalue weighted by atomic mass is 32.2. The number of hydrogen-bond donors (Lipinski definition) is 0. The summed E-state index contributed by atoms with van der Waals surface area (Å²) in [6, 6.07) is 11.6. The summed E-state index contributed by atoms with van der Waals surface area (Å²) in [6.07, 6.45) is 1.69. The fraction of sp³-hybridized carbons (Fsp3) is 0.286. The van der Waals surface area contributed by atoms with Gasteiger partial charge in [0.15, 0.2) is 9.84 Å². The van der Waals surface area contributed by atoms with Crippen molar-refractivity contribution in [1.82, 2.24) is 9.88 Å². The predicted molar refractivity (Wildman–Crippen MR) is 110 cm³/mol. The Morgan fingerprint density at radius 3 is 2.93 bits per heavy atom. The van der Waals surface area contributed by atoms with E-state index in [2.05, 4.69) is 26.7 Å². The maximum Gasteiger partial charge on any atom is 0.221 e. The van der Waals surface area contributed by atoms with Crippen LogP contribution in [0.4, 0.5) is 0 Å². The van der Waals surface area contributed by atoms with Gasteiger partial charge in [-0.2, -0.15) is 11.3 Å². The lowest BCUT2D eigenvalue weighted by molar-refractivity contribution is 0.326. The van der Waals surface area contributed by atoms with Crippen molar-refractivity contribution >= 4 is 21.2 Å². The molecule has 0 radical (unpaired) electrons. The standard InChI is InChI=1S/C21H20N2O3S2/c1-26-21-16(3-2-7-22-21)15-4-5-19-17(9-15)18-11-23(10-14-6-8-27-13-14)12-20(18)28(19,24)25/h2-9,13,18,20H,10-12H2,1H3. The zero-order chi connectivity index (χ0) is 19.3. The Kier molecular flexibility index (Phi) is 4.26. The second kappa shape index (κ2) is 6.69. The Morgan fingerprint density at radius 1 is 1.25 bits per heavy atom. The van der Waals surface area contributed by atoms with Crippen molar-refractivity contribution in [1.29, 1.82) is 0 Å². The molecule has 2 aliphatic heterocycles. The lowest BCUT2D eigenvalue weighted by Gasteiger charge is -2.17. The van der Waals surface area contributed by atoms with Gasteiger partial charge in [-0.25, -0.2) is 13.4 Å². The molecule has 2 aromatic heterocycles. The molecule has 2 unspecified atom stereocenters. The number of ether oxygens (including phenoxy) is 1. The molecular weight excluding hydrogens is 392 g/mol. The number of sulfone groups is 1. The molecule has 5 nitrogen and oxygen atoms in total. The van der Waals surface area contributed by atoms with Crippen LogP contribution in [0, 0.1) is 0 Å². The molecular formula is C21H20N2O3S2. The van der Waals surface area contributed by atoms with Crippen LogP contribution in [0.15, 0.2) is 58.3 Å². The van der Waals surface area contributed by atoms with Gasteiger partial charge in [0.25, 0.3) is 0 Å². The molecule has 5 rings (SSSR count). The van der Waals surface area contributed by atoms with Crippen molar-refractivity contribution in [3.05, 3.63) is 64.5 Å². The molecule has 28 heavy (non-hydrogen) atoms. The number of likely N-dealkylation sites (tertiary alicyclic amines) is 1. The molecule has 0 saturated carbocycles. The average molecular weight is 413 g/mol. The van der Waals surface area contributed by atoms with Gasteiger partial charge >= 0.3 is 0 Å². The monoisotopic (exact) mass is 412 g/mol. The second-order valence-corrected chi connectivity index (χ2v) is 10.2. The maximum absolute atomic E-state index is 13.1. The highest BCUT2D eigenvalue weighted by Gasteiger charge is 2.50. The van der Waals surface area contributed by atoms with Gasteiger partial charge in [-0.05, 0) is 57.8 Å². The summed E-state index contributed by atoms with van der Waals surface area (Å²) in [5.41, 5.74) is 4.00. The molecule has 4 heterocycles. The van der Waals surface area contributed by atoms with E-state index in [1.54, 1.807) is 30.7 Å². The number of hydrogen-bond acceptors (Lipinski definition) is 6. The molecule has 0 aliphatic carbocycles. The van der Waals surface area contributed by atoms with Gasteiger partial charge in [0.05, 0.1) is 17.3 Å². The highest BCUT2D eigenvalue weighted by molar-refractivity contribution is 7.92. The number of nitrogens with zero attached hydrogens (tertiary/aromatic N) is 2. The average Bonchev–Trinajstić information content (AvgIpc) is 3.41. The molecule has 1 aromatic carbocycles. The molecule has 2 aliphatic rings. The van der Waals surface area contributed by atoms with Crippen molar-refractivity contribution in [3.63, 3.8) is 0 Å². The summed E-state index contributed by atoms with van der Waals surface area (Å²) in [5, 5.41) is 3.84. The molecule has 0 N–H and O–H groups in total. The molecule has 7 heteroatoms. The van der Waals surface area contributed by atoms with Crippen LogP contribution < -0.4 is 4.74 Å². The van der Waals surface area contributed by atoms with E-state index in [0.29, 0.717) is 17.3 Å². The Hall–Kier alpha value is -2.22. The summed E-state index contributed by atoms with van der Waals surface area (Å²) in [6.45, 7) is 2.15. The lowest BCUT2D eigenvalue weighted by atomic mass is 9.95. The summed E-state index contributed by atoms with van der Waals surface area (Å²) in [5.74, 6) is 0.562. The summed E-state index contributed by atoms with van der Waals surface area (Å²) in [4.78, 5) is 7.02. The number of fused-ring (bicyclic) bond motifs is 3.